The number of ether oxygens (including phenoxy) is 1. The predicted molar refractivity (Wildman–Crippen MR) is 72.2 cm³/mol. The number of rotatable bonds is 4. The molecular formula is C13H14ClN3O. The Morgan fingerprint density at radius 2 is 2.22 bits per heavy atom. The van der Waals surface area contributed by atoms with E-state index in [0.29, 0.717) is 16.8 Å². The molecule has 0 spiro atoms. The van der Waals surface area contributed by atoms with Gasteiger partial charge in [-0.3, -0.25) is 5.10 Å². The highest BCUT2D eigenvalue weighted by atomic mass is 35.5. The first kappa shape index (κ1) is 11.4. The third kappa shape index (κ3) is 2.29. The van der Waals surface area contributed by atoms with Gasteiger partial charge in [-0.05, 0) is 31.0 Å². The Kier molecular flexibility index (Phi) is 2.88. The Morgan fingerprint density at radius 1 is 1.39 bits per heavy atom. The zero-order valence-electron chi connectivity index (χ0n) is 10.0. The van der Waals surface area contributed by atoms with Crippen molar-refractivity contribution in [2.75, 3.05) is 12.4 Å². The van der Waals surface area contributed by atoms with Crippen LogP contribution in [0.3, 0.4) is 0 Å². The number of aromatic nitrogens is 2. The van der Waals surface area contributed by atoms with Crippen molar-refractivity contribution in [3.63, 3.8) is 0 Å². The summed E-state index contributed by atoms with van der Waals surface area (Å²) >= 11 is 6.11. The summed E-state index contributed by atoms with van der Waals surface area (Å²) in [6, 6.07) is 8.28. The minimum Gasteiger partial charge on any atom is -0.495 e. The molecule has 5 heteroatoms. The summed E-state index contributed by atoms with van der Waals surface area (Å²) in [6.45, 7) is 0. The third-order valence-corrected chi connectivity index (χ3v) is 3.27. The minimum atomic E-state index is 0.598. The van der Waals surface area contributed by atoms with E-state index in [4.69, 9.17) is 16.3 Å². The lowest BCUT2D eigenvalue weighted by atomic mass is 10.1. The van der Waals surface area contributed by atoms with Crippen LogP contribution in [0.4, 0.5) is 5.82 Å². The molecule has 3 rings (SSSR count). The largest absolute Gasteiger partial charge is 0.495 e. The summed E-state index contributed by atoms with van der Waals surface area (Å²) < 4.78 is 5.13. The Morgan fingerprint density at radius 3 is 2.89 bits per heavy atom. The number of aromatic amines is 1. The Labute approximate surface area is 110 Å². The van der Waals surface area contributed by atoms with Gasteiger partial charge in [0.05, 0.1) is 17.8 Å². The van der Waals surface area contributed by atoms with Gasteiger partial charge in [-0.2, -0.15) is 5.10 Å². The number of methoxy groups -OCH3 is 1. The maximum atomic E-state index is 6.11. The predicted octanol–water partition coefficient (Wildman–Crippen LogP) is 3.31. The summed E-state index contributed by atoms with van der Waals surface area (Å²) in [4.78, 5) is 0. The number of hydrogen-bond acceptors (Lipinski definition) is 3. The van der Waals surface area contributed by atoms with Crippen LogP contribution in [-0.2, 0) is 0 Å². The number of nitrogens with one attached hydrogen (secondary N) is 2. The highest BCUT2D eigenvalue weighted by molar-refractivity contribution is 6.32. The van der Waals surface area contributed by atoms with Crippen molar-refractivity contribution in [1.82, 2.24) is 10.2 Å². The molecule has 0 bridgehead atoms. The topological polar surface area (TPSA) is 49.9 Å². The second-order valence-electron chi connectivity index (χ2n) is 4.43. The maximum Gasteiger partial charge on any atom is 0.148 e. The van der Waals surface area contributed by atoms with Gasteiger partial charge in [0.2, 0.25) is 0 Å². The molecule has 18 heavy (non-hydrogen) atoms. The number of anilines is 1. The van der Waals surface area contributed by atoms with E-state index < -0.39 is 0 Å². The molecule has 0 aliphatic heterocycles. The van der Waals surface area contributed by atoms with Crippen molar-refractivity contribution in [3.8, 4) is 17.0 Å². The quantitative estimate of drug-likeness (QED) is 0.890. The van der Waals surface area contributed by atoms with E-state index in [9.17, 15) is 0 Å². The van der Waals surface area contributed by atoms with Crippen molar-refractivity contribution in [2.45, 2.75) is 18.9 Å². The first-order chi connectivity index (χ1) is 8.76. The Balaban J connectivity index is 1.84. The fourth-order valence-corrected chi connectivity index (χ4v) is 2.07. The van der Waals surface area contributed by atoms with Crippen molar-refractivity contribution in [3.05, 3.63) is 29.3 Å². The molecule has 0 amide bonds. The van der Waals surface area contributed by atoms with Gasteiger partial charge in [-0.1, -0.05) is 11.6 Å². The lowest BCUT2D eigenvalue weighted by Crippen LogP contribution is -2.00. The molecule has 1 heterocycles. The van der Waals surface area contributed by atoms with Gasteiger partial charge < -0.3 is 10.1 Å². The van der Waals surface area contributed by atoms with Crippen molar-refractivity contribution in [2.24, 2.45) is 0 Å². The minimum absolute atomic E-state index is 0.598. The SMILES string of the molecule is COc1ccc(-c2cc(NC3CC3)n[nH]2)cc1Cl. The molecule has 1 aromatic carbocycles. The fraction of sp³-hybridized carbons (Fsp3) is 0.308. The van der Waals surface area contributed by atoms with Gasteiger partial charge in [0.25, 0.3) is 0 Å². The molecule has 1 aromatic heterocycles. The zero-order chi connectivity index (χ0) is 12.5. The molecule has 1 saturated carbocycles. The van der Waals surface area contributed by atoms with E-state index in [0.717, 1.165) is 17.1 Å². The van der Waals surface area contributed by atoms with Crippen molar-refractivity contribution < 1.29 is 4.74 Å². The normalized spacial score (nSPS) is 14.6. The second kappa shape index (κ2) is 4.53. The van der Waals surface area contributed by atoms with Crippen LogP contribution in [0.25, 0.3) is 11.3 Å². The molecule has 0 radical (unpaired) electrons. The van der Waals surface area contributed by atoms with Crippen molar-refractivity contribution >= 4 is 17.4 Å². The van der Waals surface area contributed by atoms with Gasteiger partial charge >= 0.3 is 0 Å². The molecule has 0 unspecified atom stereocenters. The summed E-state index contributed by atoms with van der Waals surface area (Å²) in [5, 5.41) is 11.2. The monoisotopic (exact) mass is 263 g/mol. The smallest absolute Gasteiger partial charge is 0.148 e. The zero-order valence-corrected chi connectivity index (χ0v) is 10.8. The van der Waals surface area contributed by atoms with Gasteiger partial charge in [0.1, 0.15) is 11.6 Å². The second-order valence-corrected chi connectivity index (χ2v) is 4.84. The molecule has 94 valence electrons. The summed E-state index contributed by atoms with van der Waals surface area (Å²) in [6.07, 6.45) is 2.47. The van der Waals surface area contributed by atoms with Crippen molar-refractivity contribution in [1.29, 1.82) is 0 Å². The van der Waals surface area contributed by atoms with Crippen LogP contribution < -0.4 is 10.1 Å². The molecule has 0 atom stereocenters. The fourth-order valence-electron chi connectivity index (χ4n) is 1.81. The summed E-state index contributed by atoms with van der Waals surface area (Å²) in [5.41, 5.74) is 1.94. The average molecular weight is 264 g/mol. The van der Waals surface area contributed by atoms with E-state index in [1.165, 1.54) is 12.8 Å². The standard InChI is InChI=1S/C13H14ClN3O/c1-18-12-5-2-8(6-10(12)14)11-7-13(17-16-11)15-9-3-4-9/h2,5-7,9H,3-4H2,1H3,(H2,15,16,17). The van der Waals surface area contributed by atoms with Crippen LogP contribution in [0.15, 0.2) is 24.3 Å². The van der Waals surface area contributed by atoms with Gasteiger partial charge in [0.15, 0.2) is 0 Å². The van der Waals surface area contributed by atoms with Gasteiger partial charge in [-0.15, -0.1) is 0 Å². The van der Waals surface area contributed by atoms with E-state index in [1.54, 1.807) is 7.11 Å². The highest BCUT2D eigenvalue weighted by Gasteiger charge is 2.21. The van der Waals surface area contributed by atoms with E-state index >= 15 is 0 Å². The number of halogens is 1. The number of nitrogens with zero attached hydrogens (tertiary/aromatic N) is 1. The van der Waals surface area contributed by atoms with Crippen LogP contribution in [0.2, 0.25) is 5.02 Å². The Hall–Kier alpha value is -1.68. The molecule has 0 saturated heterocycles. The molecule has 4 nitrogen and oxygen atoms in total. The molecule has 1 fully saturated rings. The van der Waals surface area contributed by atoms with E-state index in [-0.39, 0.29) is 0 Å². The molecule has 1 aliphatic rings. The first-order valence-electron chi connectivity index (χ1n) is 5.92. The molecule has 2 aromatic rings. The van der Waals surface area contributed by atoms with Crippen LogP contribution >= 0.6 is 11.6 Å². The third-order valence-electron chi connectivity index (χ3n) is 2.97. The summed E-state index contributed by atoms with van der Waals surface area (Å²) in [5.74, 6) is 1.57. The van der Waals surface area contributed by atoms with Gasteiger partial charge in [-0.25, -0.2) is 0 Å². The lowest BCUT2D eigenvalue weighted by molar-refractivity contribution is 0.415. The van der Waals surface area contributed by atoms with E-state index in [1.807, 2.05) is 24.3 Å². The Bertz CT molecular complexity index is 563. The van der Waals surface area contributed by atoms with Crippen LogP contribution in [0.5, 0.6) is 5.75 Å². The average Bonchev–Trinajstić information content (AvgIpc) is 3.05. The summed E-state index contributed by atoms with van der Waals surface area (Å²) in [7, 11) is 1.61. The maximum absolute atomic E-state index is 6.11. The van der Waals surface area contributed by atoms with Gasteiger partial charge in [0, 0.05) is 17.7 Å². The van der Waals surface area contributed by atoms with Crippen LogP contribution in [0, 0.1) is 0 Å². The van der Waals surface area contributed by atoms with Crippen LogP contribution in [-0.4, -0.2) is 23.3 Å². The molecule has 2 N–H and O–H groups in total. The number of hydrogen-bond donors (Lipinski definition) is 2. The lowest BCUT2D eigenvalue weighted by Gasteiger charge is -2.04. The van der Waals surface area contributed by atoms with E-state index in [2.05, 4.69) is 15.5 Å². The highest BCUT2D eigenvalue weighted by Crippen LogP contribution is 2.31. The molecule has 1 aliphatic carbocycles. The molecular weight excluding hydrogens is 250 g/mol. The number of benzene rings is 1. The van der Waals surface area contributed by atoms with Crippen LogP contribution in [0.1, 0.15) is 12.8 Å². The number of H-pyrrole nitrogens is 1. The first-order valence-corrected chi connectivity index (χ1v) is 6.30.